The summed E-state index contributed by atoms with van der Waals surface area (Å²) in [6, 6.07) is 5.44. The van der Waals surface area contributed by atoms with Crippen molar-refractivity contribution in [3.63, 3.8) is 0 Å². The lowest BCUT2D eigenvalue weighted by Crippen LogP contribution is -2.63. The van der Waals surface area contributed by atoms with Crippen LogP contribution < -0.4 is 5.32 Å². The zero-order valence-electron chi connectivity index (χ0n) is 17.5. The Kier molecular flexibility index (Phi) is 6.24. The molecule has 9 nitrogen and oxygen atoms in total. The van der Waals surface area contributed by atoms with E-state index in [0.29, 0.717) is 5.56 Å². The van der Waals surface area contributed by atoms with Crippen LogP contribution in [-0.4, -0.2) is 55.7 Å². The Morgan fingerprint density at radius 2 is 2.12 bits per heavy atom. The molecular formula is C21H23N3O6S2. The number of amides is 1. The van der Waals surface area contributed by atoms with Crippen molar-refractivity contribution in [1.82, 2.24) is 10.2 Å². The zero-order chi connectivity index (χ0) is 23.2. The minimum atomic E-state index is -0.817. The van der Waals surface area contributed by atoms with E-state index in [-0.39, 0.29) is 41.1 Å². The Bertz CT molecular complexity index is 1010. The number of rotatable bonds is 7. The summed E-state index contributed by atoms with van der Waals surface area (Å²) in [7, 11) is 0. The predicted octanol–water partition coefficient (Wildman–Crippen LogP) is 2.13. The fourth-order valence-corrected chi connectivity index (χ4v) is 6.18. The van der Waals surface area contributed by atoms with E-state index in [9.17, 15) is 24.8 Å². The molecule has 170 valence electrons. The SMILES string of the molecule is C[C@@H](O)[C@H]1C(=O)N2C(C(=O)OCc3ccc([N+](=O)[O-])cc3)=C(S[C@@H]3CCNC3=S)[C@H](C)[C@H]12. The fraction of sp³-hybridized carbons (Fsp3) is 0.476. The number of hydrogen-bond acceptors (Lipinski definition) is 8. The number of nitro groups is 1. The van der Waals surface area contributed by atoms with Crippen LogP contribution >= 0.6 is 24.0 Å². The highest BCUT2D eigenvalue weighted by Gasteiger charge is 2.60. The molecule has 0 bridgehead atoms. The number of esters is 1. The van der Waals surface area contributed by atoms with Gasteiger partial charge >= 0.3 is 5.97 Å². The summed E-state index contributed by atoms with van der Waals surface area (Å²) in [6.07, 6.45) is 0.00525. The van der Waals surface area contributed by atoms with Gasteiger partial charge in [0.15, 0.2) is 0 Å². The van der Waals surface area contributed by atoms with Gasteiger partial charge in [-0.25, -0.2) is 4.79 Å². The van der Waals surface area contributed by atoms with Crippen LogP contribution in [0.3, 0.4) is 0 Å². The number of carbonyl (C=O) groups is 2. The lowest BCUT2D eigenvalue weighted by Gasteiger charge is -2.46. The molecule has 0 saturated carbocycles. The number of ether oxygens (including phenoxy) is 1. The Morgan fingerprint density at radius 1 is 1.44 bits per heavy atom. The van der Waals surface area contributed by atoms with E-state index in [1.165, 1.54) is 40.9 Å². The molecule has 1 aromatic carbocycles. The number of hydrogen-bond donors (Lipinski definition) is 2. The van der Waals surface area contributed by atoms with Crippen LogP contribution in [0.4, 0.5) is 5.69 Å². The van der Waals surface area contributed by atoms with Crippen LogP contribution in [0.1, 0.15) is 25.8 Å². The van der Waals surface area contributed by atoms with E-state index >= 15 is 0 Å². The van der Waals surface area contributed by atoms with Crippen LogP contribution in [0.2, 0.25) is 0 Å². The average Bonchev–Trinajstić information content (AvgIpc) is 3.26. The number of thioether (sulfide) groups is 1. The lowest BCUT2D eigenvalue weighted by molar-refractivity contribution is -0.384. The Morgan fingerprint density at radius 3 is 2.69 bits per heavy atom. The standard InChI is InChI=1S/C21H23N3O6S2/c1-10-16-15(11(2)25)20(26)23(16)17(18(10)32-14-7-8-22-19(14)31)21(27)30-9-12-3-5-13(6-4-12)24(28)29/h3-6,10-11,14-16,25H,7-9H2,1-2H3,(H,22,31)/t10-,11-,14-,15-,16-/m1/s1. The Hall–Kier alpha value is -2.50. The smallest absolute Gasteiger partial charge is 0.356 e. The second kappa shape index (κ2) is 8.80. The van der Waals surface area contributed by atoms with Crippen LogP contribution in [0.15, 0.2) is 34.9 Å². The van der Waals surface area contributed by atoms with Gasteiger partial charge in [-0.05, 0) is 31.0 Å². The van der Waals surface area contributed by atoms with Gasteiger partial charge in [0.2, 0.25) is 5.91 Å². The number of benzene rings is 1. The molecule has 3 aliphatic heterocycles. The van der Waals surface area contributed by atoms with E-state index < -0.39 is 22.9 Å². The lowest BCUT2D eigenvalue weighted by atomic mass is 9.79. The molecule has 1 amide bonds. The van der Waals surface area contributed by atoms with Crippen LogP contribution in [0, 0.1) is 22.0 Å². The number of nitrogens with zero attached hydrogens (tertiary/aromatic N) is 2. The van der Waals surface area contributed by atoms with E-state index in [4.69, 9.17) is 17.0 Å². The minimum Gasteiger partial charge on any atom is -0.456 e. The van der Waals surface area contributed by atoms with Crippen molar-refractivity contribution in [1.29, 1.82) is 0 Å². The van der Waals surface area contributed by atoms with Gasteiger partial charge in [-0.3, -0.25) is 14.9 Å². The summed E-state index contributed by atoms with van der Waals surface area (Å²) >= 11 is 6.87. The van der Waals surface area contributed by atoms with Gasteiger partial charge in [0.05, 0.1) is 33.2 Å². The molecule has 0 spiro atoms. The highest BCUT2D eigenvalue weighted by atomic mass is 32.2. The quantitative estimate of drug-likeness (QED) is 0.200. The number of nitro benzene ring substituents is 1. The first kappa shape index (κ1) is 22.7. The number of aliphatic hydroxyl groups excluding tert-OH is 1. The third-order valence-corrected chi connectivity index (χ3v) is 8.24. The van der Waals surface area contributed by atoms with E-state index in [2.05, 4.69) is 5.32 Å². The maximum absolute atomic E-state index is 13.1. The summed E-state index contributed by atoms with van der Waals surface area (Å²) in [5.41, 5.74) is 0.760. The summed E-state index contributed by atoms with van der Waals surface area (Å²) in [6.45, 7) is 4.22. The molecule has 3 aliphatic rings. The number of carbonyl (C=O) groups excluding carboxylic acids is 2. The van der Waals surface area contributed by atoms with Gasteiger partial charge in [0.1, 0.15) is 12.3 Å². The summed E-state index contributed by atoms with van der Waals surface area (Å²) < 4.78 is 5.49. The van der Waals surface area contributed by atoms with Crippen molar-refractivity contribution in [2.24, 2.45) is 11.8 Å². The fourth-order valence-electron chi connectivity index (χ4n) is 4.44. The first-order valence-electron chi connectivity index (χ1n) is 10.3. The molecule has 2 saturated heterocycles. The van der Waals surface area contributed by atoms with Gasteiger partial charge in [-0.15, -0.1) is 11.8 Å². The number of non-ortho nitro benzene ring substituents is 1. The van der Waals surface area contributed by atoms with Gasteiger partial charge < -0.3 is 20.1 Å². The molecule has 32 heavy (non-hydrogen) atoms. The normalized spacial score (nSPS) is 27.7. The van der Waals surface area contributed by atoms with Gasteiger partial charge in [-0.1, -0.05) is 19.1 Å². The maximum Gasteiger partial charge on any atom is 0.356 e. The zero-order valence-corrected chi connectivity index (χ0v) is 19.1. The molecule has 3 heterocycles. The summed E-state index contributed by atoms with van der Waals surface area (Å²) in [5.74, 6) is -1.62. The van der Waals surface area contributed by atoms with Gasteiger partial charge in [-0.2, -0.15) is 0 Å². The molecule has 4 rings (SSSR count). The molecule has 0 aliphatic carbocycles. The Labute approximate surface area is 194 Å². The molecule has 11 heteroatoms. The molecular weight excluding hydrogens is 454 g/mol. The predicted molar refractivity (Wildman–Crippen MR) is 121 cm³/mol. The number of thiocarbonyl (C=S) groups is 1. The van der Waals surface area contributed by atoms with E-state index in [1.54, 1.807) is 6.92 Å². The molecule has 5 atom stereocenters. The van der Waals surface area contributed by atoms with Crippen LogP contribution in [0.5, 0.6) is 0 Å². The van der Waals surface area contributed by atoms with Crippen molar-refractivity contribution in [3.8, 4) is 0 Å². The van der Waals surface area contributed by atoms with E-state index in [1.807, 2.05) is 6.92 Å². The maximum atomic E-state index is 13.1. The number of β-lactam (4-membered cyclic amide) rings is 1. The van der Waals surface area contributed by atoms with Crippen LogP contribution in [0.25, 0.3) is 0 Å². The van der Waals surface area contributed by atoms with E-state index in [0.717, 1.165) is 22.9 Å². The molecule has 0 radical (unpaired) electrons. The summed E-state index contributed by atoms with van der Waals surface area (Å²) in [4.78, 5) is 39.1. The molecule has 0 aromatic heterocycles. The first-order valence-corrected chi connectivity index (χ1v) is 11.6. The van der Waals surface area contributed by atoms with Crippen molar-refractivity contribution in [2.75, 3.05) is 6.54 Å². The minimum absolute atomic E-state index is 0.0127. The largest absolute Gasteiger partial charge is 0.456 e. The number of fused-ring (bicyclic) bond motifs is 1. The number of aliphatic hydroxyl groups is 1. The third kappa shape index (κ3) is 3.89. The van der Waals surface area contributed by atoms with Crippen molar-refractivity contribution >= 4 is 46.5 Å². The topological polar surface area (TPSA) is 122 Å². The second-order valence-corrected chi connectivity index (χ2v) is 9.84. The van der Waals surface area contributed by atoms with Crippen molar-refractivity contribution < 1.29 is 24.4 Å². The van der Waals surface area contributed by atoms with Gasteiger partial charge in [0.25, 0.3) is 5.69 Å². The van der Waals surface area contributed by atoms with Crippen molar-refractivity contribution in [3.05, 3.63) is 50.5 Å². The third-order valence-electron chi connectivity index (χ3n) is 6.09. The molecule has 2 N–H and O–H groups in total. The average molecular weight is 478 g/mol. The first-order chi connectivity index (χ1) is 15.2. The molecule has 2 fully saturated rings. The van der Waals surface area contributed by atoms with Gasteiger partial charge in [0, 0.05) is 29.5 Å². The number of nitrogens with one attached hydrogen (secondary N) is 1. The van der Waals surface area contributed by atoms with Crippen LogP contribution in [-0.2, 0) is 20.9 Å². The highest BCUT2D eigenvalue weighted by molar-refractivity contribution is 8.05. The highest BCUT2D eigenvalue weighted by Crippen LogP contribution is 2.52. The molecule has 0 unspecified atom stereocenters. The summed E-state index contributed by atoms with van der Waals surface area (Å²) in [5, 5.41) is 24.0. The van der Waals surface area contributed by atoms with Crippen molar-refractivity contribution in [2.45, 2.75) is 44.3 Å². The second-order valence-electron chi connectivity index (χ2n) is 8.15. The monoisotopic (exact) mass is 477 g/mol. The Balaban J connectivity index is 1.56. The molecule has 1 aromatic rings.